The lowest BCUT2D eigenvalue weighted by Gasteiger charge is -2.21. The van der Waals surface area contributed by atoms with Gasteiger partial charge in [0, 0.05) is 17.3 Å². The van der Waals surface area contributed by atoms with Gasteiger partial charge in [0.05, 0.1) is 0 Å². The van der Waals surface area contributed by atoms with Gasteiger partial charge in [-0.3, -0.25) is 4.79 Å². The Balaban J connectivity index is 2.01. The van der Waals surface area contributed by atoms with Crippen molar-refractivity contribution < 1.29 is 4.79 Å². The fourth-order valence-corrected chi connectivity index (χ4v) is 3.00. The van der Waals surface area contributed by atoms with Crippen LogP contribution >= 0.6 is 0 Å². The number of anilines is 1. The number of amides is 1. The van der Waals surface area contributed by atoms with Gasteiger partial charge in [-0.05, 0) is 31.4 Å². The summed E-state index contributed by atoms with van der Waals surface area (Å²) in [5.74, 6) is 0.427. The van der Waals surface area contributed by atoms with Crippen LogP contribution in [0.4, 0.5) is 5.82 Å². The molecule has 21 heavy (non-hydrogen) atoms. The van der Waals surface area contributed by atoms with Crippen molar-refractivity contribution in [2.45, 2.75) is 70.8 Å². The zero-order valence-electron chi connectivity index (χ0n) is 13.0. The molecule has 0 aromatic carbocycles. The molecule has 1 aliphatic rings. The van der Waals surface area contributed by atoms with Crippen LogP contribution in [-0.2, 0) is 6.42 Å². The molecule has 1 heterocycles. The van der Waals surface area contributed by atoms with E-state index < -0.39 is 0 Å². The summed E-state index contributed by atoms with van der Waals surface area (Å²) in [4.78, 5) is 16.7. The quantitative estimate of drug-likeness (QED) is 0.892. The van der Waals surface area contributed by atoms with E-state index in [-0.39, 0.29) is 5.91 Å². The van der Waals surface area contributed by atoms with Crippen molar-refractivity contribution in [3.05, 3.63) is 23.4 Å². The topological polar surface area (TPSA) is 68.0 Å². The van der Waals surface area contributed by atoms with E-state index in [4.69, 9.17) is 5.73 Å². The van der Waals surface area contributed by atoms with Crippen LogP contribution in [-0.4, -0.2) is 16.9 Å². The minimum absolute atomic E-state index is 0.00738. The summed E-state index contributed by atoms with van der Waals surface area (Å²) in [5.41, 5.74) is 7.36. The molecule has 0 atom stereocenters. The lowest BCUT2D eigenvalue weighted by Crippen LogP contribution is -2.35. The second kappa shape index (κ2) is 8.01. The number of nitrogens with one attached hydrogen (secondary N) is 1. The van der Waals surface area contributed by atoms with Crippen LogP contribution in [0.5, 0.6) is 0 Å². The number of nitrogens with two attached hydrogens (primary N) is 1. The first-order valence-corrected chi connectivity index (χ1v) is 8.26. The van der Waals surface area contributed by atoms with Gasteiger partial charge in [-0.25, -0.2) is 4.98 Å². The Bertz CT molecular complexity index is 465. The van der Waals surface area contributed by atoms with Gasteiger partial charge in [0.15, 0.2) is 0 Å². The van der Waals surface area contributed by atoms with E-state index in [9.17, 15) is 4.79 Å². The molecule has 2 rings (SSSR count). The smallest absolute Gasteiger partial charge is 0.251 e. The van der Waals surface area contributed by atoms with Crippen LogP contribution in [0, 0.1) is 0 Å². The highest BCUT2D eigenvalue weighted by Crippen LogP contribution is 2.18. The fourth-order valence-electron chi connectivity index (χ4n) is 3.00. The van der Waals surface area contributed by atoms with Crippen molar-refractivity contribution in [2.75, 3.05) is 5.73 Å². The van der Waals surface area contributed by atoms with Gasteiger partial charge in [0.25, 0.3) is 5.91 Å². The zero-order valence-corrected chi connectivity index (χ0v) is 13.0. The van der Waals surface area contributed by atoms with E-state index in [1.54, 1.807) is 6.07 Å². The predicted molar refractivity (Wildman–Crippen MR) is 86.2 cm³/mol. The number of nitrogen functional groups attached to an aromatic ring is 1. The largest absolute Gasteiger partial charge is 0.384 e. The number of nitrogens with zero attached hydrogens (tertiary/aromatic N) is 1. The molecule has 0 radical (unpaired) electrons. The van der Waals surface area contributed by atoms with Crippen molar-refractivity contribution in [1.82, 2.24) is 10.3 Å². The third kappa shape index (κ3) is 5.03. The molecule has 1 fully saturated rings. The maximum absolute atomic E-state index is 12.4. The Labute approximate surface area is 127 Å². The van der Waals surface area contributed by atoms with Crippen LogP contribution in [0.3, 0.4) is 0 Å². The highest BCUT2D eigenvalue weighted by atomic mass is 16.1. The summed E-state index contributed by atoms with van der Waals surface area (Å²) in [5, 5.41) is 3.18. The van der Waals surface area contributed by atoms with Crippen molar-refractivity contribution >= 4 is 11.7 Å². The SMILES string of the molecule is CCCc1cc(C(=O)NC2CCCCCCC2)cc(N)n1. The van der Waals surface area contributed by atoms with Crippen molar-refractivity contribution in [2.24, 2.45) is 0 Å². The molecular weight excluding hydrogens is 262 g/mol. The minimum Gasteiger partial charge on any atom is -0.384 e. The second-order valence-corrected chi connectivity index (χ2v) is 6.04. The lowest BCUT2D eigenvalue weighted by molar-refractivity contribution is 0.0930. The standard InChI is InChI=1S/C17H27N3O/c1-2-8-15-11-13(12-16(18)19-15)17(21)20-14-9-6-4-3-5-7-10-14/h11-12,14H,2-10H2,1H3,(H2,18,19)(H,20,21). The van der Waals surface area contributed by atoms with E-state index in [0.717, 1.165) is 31.4 Å². The Morgan fingerprint density at radius 3 is 2.57 bits per heavy atom. The average Bonchev–Trinajstić information content (AvgIpc) is 2.41. The molecule has 1 aromatic rings. The number of carbonyl (C=O) groups excluding carboxylic acids is 1. The summed E-state index contributed by atoms with van der Waals surface area (Å²) in [6.45, 7) is 2.10. The lowest BCUT2D eigenvalue weighted by atomic mass is 9.96. The molecule has 0 unspecified atom stereocenters. The number of aryl methyl sites for hydroxylation is 1. The molecule has 116 valence electrons. The minimum atomic E-state index is -0.00738. The highest BCUT2D eigenvalue weighted by Gasteiger charge is 2.16. The van der Waals surface area contributed by atoms with E-state index in [1.165, 1.54) is 32.1 Å². The molecule has 0 aliphatic heterocycles. The van der Waals surface area contributed by atoms with Crippen molar-refractivity contribution in [3.8, 4) is 0 Å². The second-order valence-electron chi connectivity index (χ2n) is 6.04. The van der Waals surface area contributed by atoms with E-state index in [2.05, 4.69) is 17.2 Å². The van der Waals surface area contributed by atoms with E-state index in [0.29, 0.717) is 17.4 Å². The fraction of sp³-hybridized carbons (Fsp3) is 0.647. The van der Waals surface area contributed by atoms with Gasteiger partial charge >= 0.3 is 0 Å². The van der Waals surface area contributed by atoms with Crippen LogP contribution in [0.25, 0.3) is 0 Å². The molecule has 0 saturated heterocycles. The van der Waals surface area contributed by atoms with Gasteiger partial charge in [-0.15, -0.1) is 0 Å². The van der Waals surface area contributed by atoms with Gasteiger partial charge in [-0.2, -0.15) is 0 Å². The van der Waals surface area contributed by atoms with Gasteiger partial charge in [-0.1, -0.05) is 45.4 Å². The summed E-state index contributed by atoms with van der Waals surface area (Å²) in [7, 11) is 0. The zero-order chi connectivity index (χ0) is 15.1. The summed E-state index contributed by atoms with van der Waals surface area (Å²) in [6.07, 6.45) is 10.4. The predicted octanol–water partition coefficient (Wildman–Crippen LogP) is 3.46. The third-order valence-corrected chi connectivity index (χ3v) is 4.11. The Morgan fingerprint density at radius 2 is 1.90 bits per heavy atom. The van der Waals surface area contributed by atoms with Crippen molar-refractivity contribution in [1.29, 1.82) is 0 Å². The molecule has 4 heteroatoms. The van der Waals surface area contributed by atoms with Crippen LogP contribution < -0.4 is 11.1 Å². The highest BCUT2D eigenvalue weighted by molar-refractivity contribution is 5.95. The van der Waals surface area contributed by atoms with Gasteiger partial charge in [0.1, 0.15) is 5.82 Å². The van der Waals surface area contributed by atoms with Crippen LogP contribution in [0.2, 0.25) is 0 Å². The first-order chi connectivity index (χ1) is 10.2. The van der Waals surface area contributed by atoms with Gasteiger partial charge in [0.2, 0.25) is 0 Å². The monoisotopic (exact) mass is 289 g/mol. The van der Waals surface area contributed by atoms with Crippen LogP contribution in [0.1, 0.15) is 74.3 Å². The Kier molecular flexibility index (Phi) is 6.03. The summed E-state index contributed by atoms with van der Waals surface area (Å²) >= 11 is 0. The van der Waals surface area contributed by atoms with Crippen molar-refractivity contribution in [3.63, 3.8) is 0 Å². The molecule has 1 amide bonds. The Morgan fingerprint density at radius 1 is 1.24 bits per heavy atom. The molecule has 4 nitrogen and oxygen atoms in total. The van der Waals surface area contributed by atoms with E-state index >= 15 is 0 Å². The Hall–Kier alpha value is -1.58. The normalized spacial score (nSPS) is 17.0. The summed E-state index contributed by atoms with van der Waals surface area (Å²) < 4.78 is 0. The molecule has 1 saturated carbocycles. The number of hydrogen-bond donors (Lipinski definition) is 2. The summed E-state index contributed by atoms with van der Waals surface area (Å²) in [6, 6.07) is 3.86. The molecule has 1 aliphatic carbocycles. The number of pyridine rings is 1. The molecule has 0 spiro atoms. The number of rotatable bonds is 4. The molecule has 1 aromatic heterocycles. The maximum Gasteiger partial charge on any atom is 0.251 e. The molecule has 3 N–H and O–H groups in total. The molecular formula is C17H27N3O. The number of carbonyl (C=O) groups is 1. The maximum atomic E-state index is 12.4. The van der Waals surface area contributed by atoms with Crippen LogP contribution in [0.15, 0.2) is 12.1 Å². The average molecular weight is 289 g/mol. The number of hydrogen-bond acceptors (Lipinski definition) is 3. The van der Waals surface area contributed by atoms with E-state index in [1.807, 2.05) is 6.07 Å². The molecule has 0 bridgehead atoms. The number of aromatic nitrogens is 1. The van der Waals surface area contributed by atoms with Gasteiger partial charge < -0.3 is 11.1 Å². The first kappa shape index (κ1) is 15.8. The third-order valence-electron chi connectivity index (χ3n) is 4.11. The first-order valence-electron chi connectivity index (χ1n) is 8.26.